The predicted octanol–water partition coefficient (Wildman–Crippen LogP) is 1.88. The van der Waals surface area contributed by atoms with Crippen molar-refractivity contribution >= 4 is 11.9 Å². The molecule has 0 saturated carbocycles. The van der Waals surface area contributed by atoms with Gasteiger partial charge in [-0.05, 0) is 25.0 Å². The minimum Gasteiger partial charge on any atom is -0.467 e. The van der Waals surface area contributed by atoms with Gasteiger partial charge in [0.25, 0.3) is 5.91 Å². The number of hydrogen-bond acceptors (Lipinski definition) is 3. The number of amides is 1. The average Bonchev–Trinajstić information content (AvgIpc) is 2.93. The lowest BCUT2D eigenvalue weighted by molar-refractivity contribution is -0.145. The number of halogens is 3. The summed E-state index contributed by atoms with van der Waals surface area (Å²) in [6, 6.07) is 0.720. The summed E-state index contributed by atoms with van der Waals surface area (Å²) in [6.45, 7) is 0.233. The number of methoxy groups -OCH3 is 1. The maximum Gasteiger partial charge on any atom is 0.328 e. The van der Waals surface area contributed by atoms with Crippen molar-refractivity contribution in [3.63, 3.8) is 0 Å². The Kier molecular flexibility index (Phi) is 3.96. The molecule has 108 valence electrons. The molecule has 7 heteroatoms. The van der Waals surface area contributed by atoms with Gasteiger partial charge in [-0.1, -0.05) is 0 Å². The van der Waals surface area contributed by atoms with Crippen LogP contribution in [0.1, 0.15) is 23.2 Å². The lowest BCUT2D eigenvalue weighted by Gasteiger charge is -2.22. The van der Waals surface area contributed by atoms with Crippen LogP contribution in [0.15, 0.2) is 12.1 Å². The van der Waals surface area contributed by atoms with Crippen LogP contribution in [0.2, 0.25) is 0 Å². The molecule has 1 atom stereocenters. The van der Waals surface area contributed by atoms with Crippen molar-refractivity contribution in [1.29, 1.82) is 0 Å². The molecule has 1 heterocycles. The standard InChI is InChI=1S/C13H12F3NO3/c1-20-13(19)9-3-2-6-17(9)12(18)7-4-5-8(14)11(16)10(7)15/h4-5,9H,2-3,6H2,1H3. The summed E-state index contributed by atoms with van der Waals surface area (Å²) in [5, 5.41) is 0. The highest BCUT2D eigenvalue weighted by atomic mass is 19.2. The lowest BCUT2D eigenvalue weighted by atomic mass is 10.1. The topological polar surface area (TPSA) is 46.6 Å². The molecule has 2 rings (SSSR count). The van der Waals surface area contributed by atoms with Crippen LogP contribution >= 0.6 is 0 Å². The van der Waals surface area contributed by atoms with Gasteiger partial charge in [-0.15, -0.1) is 0 Å². The van der Waals surface area contributed by atoms with Crippen LogP contribution in [0, 0.1) is 17.5 Å². The number of likely N-dealkylation sites (tertiary alicyclic amines) is 1. The lowest BCUT2D eigenvalue weighted by Crippen LogP contribution is -2.41. The number of rotatable bonds is 2. The average molecular weight is 287 g/mol. The summed E-state index contributed by atoms with van der Waals surface area (Å²) in [7, 11) is 1.18. The summed E-state index contributed by atoms with van der Waals surface area (Å²) in [5.41, 5.74) is -0.597. The second-order valence-corrected chi connectivity index (χ2v) is 4.40. The van der Waals surface area contributed by atoms with Crippen molar-refractivity contribution < 1.29 is 27.5 Å². The van der Waals surface area contributed by atoms with Gasteiger partial charge in [-0.2, -0.15) is 0 Å². The van der Waals surface area contributed by atoms with Crippen LogP contribution < -0.4 is 0 Å². The number of hydrogen-bond donors (Lipinski definition) is 0. The van der Waals surface area contributed by atoms with E-state index in [2.05, 4.69) is 4.74 Å². The molecule has 1 saturated heterocycles. The van der Waals surface area contributed by atoms with Gasteiger partial charge in [0.1, 0.15) is 6.04 Å². The van der Waals surface area contributed by atoms with Crippen molar-refractivity contribution in [2.75, 3.05) is 13.7 Å². The third-order valence-corrected chi connectivity index (χ3v) is 3.25. The van der Waals surface area contributed by atoms with Crippen LogP contribution in [0.3, 0.4) is 0 Å². The first kappa shape index (κ1) is 14.4. The molecule has 0 N–H and O–H groups in total. The Balaban J connectivity index is 2.32. The van der Waals surface area contributed by atoms with E-state index in [1.54, 1.807) is 0 Å². The zero-order valence-electron chi connectivity index (χ0n) is 10.7. The summed E-state index contributed by atoms with van der Waals surface area (Å²) in [4.78, 5) is 24.8. The molecule has 1 aliphatic rings. The van der Waals surface area contributed by atoms with Gasteiger partial charge in [0.2, 0.25) is 0 Å². The van der Waals surface area contributed by atoms with E-state index in [0.29, 0.717) is 18.9 Å². The largest absolute Gasteiger partial charge is 0.467 e. The van der Waals surface area contributed by atoms with Crippen LogP contribution in [0.5, 0.6) is 0 Å². The number of esters is 1. The van der Waals surface area contributed by atoms with Gasteiger partial charge < -0.3 is 9.64 Å². The monoisotopic (exact) mass is 287 g/mol. The zero-order valence-corrected chi connectivity index (χ0v) is 10.7. The van der Waals surface area contributed by atoms with Gasteiger partial charge in [0.05, 0.1) is 12.7 Å². The fraction of sp³-hybridized carbons (Fsp3) is 0.385. The predicted molar refractivity (Wildman–Crippen MR) is 62.4 cm³/mol. The smallest absolute Gasteiger partial charge is 0.328 e. The van der Waals surface area contributed by atoms with Gasteiger partial charge in [0.15, 0.2) is 17.5 Å². The zero-order chi connectivity index (χ0) is 14.9. The highest BCUT2D eigenvalue weighted by Gasteiger charge is 2.36. The molecule has 1 aliphatic heterocycles. The number of ether oxygens (including phenoxy) is 1. The van der Waals surface area contributed by atoms with E-state index in [9.17, 15) is 22.8 Å². The third kappa shape index (κ3) is 2.35. The van der Waals surface area contributed by atoms with Crippen molar-refractivity contribution in [2.24, 2.45) is 0 Å². The second kappa shape index (κ2) is 5.52. The van der Waals surface area contributed by atoms with Crippen LogP contribution in [0.4, 0.5) is 13.2 Å². The molecule has 4 nitrogen and oxygen atoms in total. The van der Waals surface area contributed by atoms with E-state index in [4.69, 9.17) is 0 Å². The van der Waals surface area contributed by atoms with Crippen molar-refractivity contribution in [1.82, 2.24) is 4.90 Å². The highest BCUT2D eigenvalue weighted by molar-refractivity contribution is 5.97. The summed E-state index contributed by atoms with van der Waals surface area (Å²) < 4.78 is 44.2. The van der Waals surface area contributed by atoms with E-state index in [0.717, 1.165) is 11.0 Å². The van der Waals surface area contributed by atoms with Gasteiger partial charge in [-0.25, -0.2) is 18.0 Å². The Morgan fingerprint density at radius 3 is 2.60 bits per heavy atom. The number of nitrogens with zero attached hydrogens (tertiary/aromatic N) is 1. The normalized spacial score (nSPS) is 18.2. The molecule has 1 aromatic rings. The first-order valence-electron chi connectivity index (χ1n) is 5.99. The molecule has 1 amide bonds. The first-order valence-corrected chi connectivity index (χ1v) is 5.99. The minimum absolute atomic E-state index is 0.233. The molecule has 1 aromatic carbocycles. The van der Waals surface area contributed by atoms with Crippen LogP contribution in [0.25, 0.3) is 0 Å². The highest BCUT2D eigenvalue weighted by Crippen LogP contribution is 2.23. The maximum absolute atomic E-state index is 13.6. The molecular weight excluding hydrogens is 275 g/mol. The molecular formula is C13H12F3NO3. The van der Waals surface area contributed by atoms with E-state index >= 15 is 0 Å². The Morgan fingerprint density at radius 2 is 1.95 bits per heavy atom. The van der Waals surface area contributed by atoms with Gasteiger partial charge in [-0.3, -0.25) is 4.79 Å². The Morgan fingerprint density at radius 1 is 1.25 bits per heavy atom. The number of carbonyl (C=O) groups excluding carboxylic acids is 2. The quantitative estimate of drug-likeness (QED) is 0.616. The maximum atomic E-state index is 13.6. The minimum atomic E-state index is -1.70. The molecule has 0 radical (unpaired) electrons. The Hall–Kier alpha value is -2.05. The molecule has 1 unspecified atom stereocenters. The first-order chi connectivity index (χ1) is 9.47. The SMILES string of the molecule is COC(=O)C1CCCN1C(=O)c1ccc(F)c(F)c1F. The number of benzene rings is 1. The third-order valence-electron chi connectivity index (χ3n) is 3.25. The van der Waals surface area contributed by atoms with Crippen molar-refractivity contribution in [3.05, 3.63) is 35.1 Å². The molecule has 1 fully saturated rings. The summed E-state index contributed by atoms with van der Waals surface area (Å²) in [6.07, 6.45) is 0.945. The molecule has 0 spiro atoms. The fourth-order valence-corrected chi connectivity index (χ4v) is 2.24. The van der Waals surface area contributed by atoms with E-state index in [-0.39, 0.29) is 6.54 Å². The summed E-state index contributed by atoms with van der Waals surface area (Å²) >= 11 is 0. The molecule has 20 heavy (non-hydrogen) atoms. The van der Waals surface area contributed by atoms with Crippen LogP contribution in [-0.4, -0.2) is 36.5 Å². The van der Waals surface area contributed by atoms with Crippen molar-refractivity contribution in [2.45, 2.75) is 18.9 Å². The van der Waals surface area contributed by atoms with Crippen molar-refractivity contribution in [3.8, 4) is 0 Å². The Labute approximate surface area is 113 Å². The van der Waals surface area contributed by atoms with E-state index < -0.39 is 40.9 Å². The fourth-order valence-electron chi connectivity index (χ4n) is 2.24. The number of carbonyl (C=O) groups is 2. The second-order valence-electron chi connectivity index (χ2n) is 4.40. The summed E-state index contributed by atoms with van der Waals surface area (Å²) in [5.74, 6) is -6.09. The van der Waals surface area contributed by atoms with E-state index in [1.807, 2.05) is 0 Å². The van der Waals surface area contributed by atoms with Gasteiger partial charge >= 0.3 is 5.97 Å². The molecule has 0 aliphatic carbocycles. The molecule has 0 aromatic heterocycles. The van der Waals surface area contributed by atoms with Gasteiger partial charge in [0, 0.05) is 6.54 Å². The van der Waals surface area contributed by atoms with E-state index in [1.165, 1.54) is 7.11 Å². The molecule has 0 bridgehead atoms. The van der Waals surface area contributed by atoms with Crippen LogP contribution in [-0.2, 0) is 9.53 Å². The Bertz CT molecular complexity index is 562.